The van der Waals surface area contributed by atoms with Crippen molar-refractivity contribution in [3.63, 3.8) is 0 Å². The monoisotopic (exact) mass is 378 g/mol. The maximum absolute atomic E-state index is 5.76. The zero-order valence-electron chi connectivity index (χ0n) is 16.4. The van der Waals surface area contributed by atoms with Crippen molar-refractivity contribution in [1.82, 2.24) is 24.8 Å². The molecular formula is C20H26N8. The zero-order valence-corrected chi connectivity index (χ0v) is 16.4. The number of rotatable bonds is 4. The summed E-state index contributed by atoms with van der Waals surface area (Å²) in [7, 11) is 3.88. The summed E-state index contributed by atoms with van der Waals surface area (Å²) in [5, 5.41) is 3.31. The van der Waals surface area contributed by atoms with Crippen molar-refractivity contribution in [2.75, 3.05) is 32.5 Å². The third-order valence-corrected chi connectivity index (χ3v) is 5.23. The van der Waals surface area contributed by atoms with Crippen molar-refractivity contribution >= 4 is 17.9 Å². The Hall–Kier alpha value is -3.00. The fourth-order valence-electron chi connectivity index (χ4n) is 3.71. The van der Waals surface area contributed by atoms with Gasteiger partial charge in [0.05, 0.1) is 29.8 Å². The molecule has 8 heteroatoms. The molecule has 2 aromatic rings. The lowest BCUT2D eigenvalue weighted by atomic mass is 10.1. The number of fused-ring (bicyclic) bond motifs is 2. The molecule has 0 unspecified atom stereocenters. The first kappa shape index (κ1) is 18.4. The van der Waals surface area contributed by atoms with E-state index in [1.54, 1.807) is 19.5 Å². The van der Waals surface area contributed by atoms with E-state index in [4.69, 9.17) is 10.7 Å². The first-order chi connectivity index (χ1) is 13.7. The third kappa shape index (κ3) is 3.82. The highest BCUT2D eigenvalue weighted by atomic mass is 15.2. The molecule has 4 heterocycles. The van der Waals surface area contributed by atoms with E-state index in [0.717, 1.165) is 49.6 Å². The molecule has 0 aromatic carbocycles. The van der Waals surface area contributed by atoms with Crippen LogP contribution in [0.25, 0.3) is 0 Å². The first-order valence-electron chi connectivity index (χ1n) is 9.53. The van der Waals surface area contributed by atoms with E-state index >= 15 is 0 Å². The van der Waals surface area contributed by atoms with Crippen LogP contribution in [0.3, 0.4) is 0 Å². The van der Waals surface area contributed by atoms with Crippen LogP contribution < -0.4 is 11.1 Å². The molecule has 2 aromatic heterocycles. The van der Waals surface area contributed by atoms with E-state index in [0.29, 0.717) is 12.5 Å². The highest BCUT2D eigenvalue weighted by Gasteiger charge is 2.20. The Morgan fingerprint density at radius 1 is 1.14 bits per heavy atom. The Balaban J connectivity index is 1.53. The van der Waals surface area contributed by atoms with E-state index in [2.05, 4.69) is 43.2 Å². The Morgan fingerprint density at radius 3 is 2.86 bits per heavy atom. The lowest BCUT2D eigenvalue weighted by molar-refractivity contribution is 0.310. The van der Waals surface area contributed by atoms with Gasteiger partial charge in [-0.25, -0.2) is 9.97 Å². The highest BCUT2D eigenvalue weighted by Crippen LogP contribution is 2.23. The maximum atomic E-state index is 5.76. The van der Waals surface area contributed by atoms with Crippen molar-refractivity contribution in [2.24, 2.45) is 10.7 Å². The number of aliphatic imine (C=N–C) groups is 1. The molecule has 8 nitrogen and oxygen atoms in total. The molecule has 0 radical (unpaired) electrons. The van der Waals surface area contributed by atoms with Crippen LogP contribution in [-0.4, -0.2) is 58.2 Å². The summed E-state index contributed by atoms with van der Waals surface area (Å²) in [6.07, 6.45) is 9.04. The van der Waals surface area contributed by atoms with Crippen LogP contribution in [0.15, 0.2) is 35.3 Å². The van der Waals surface area contributed by atoms with Crippen LogP contribution in [-0.2, 0) is 25.9 Å². The molecule has 0 fully saturated rings. The molecule has 0 amide bonds. The van der Waals surface area contributed by atoms with E-state index in [9.17, 15) is 0 Å². The Morgan fingerprint density at radius 2 is 2.04 bits per heavy atom. The predicted molar refractivity (Wildman–Crippen MR) is 110 cm³/mol. The van der Waals surface area contributed by atoms with E-state index in [1.165, 1.54) is 16.8 Å². The zero-order chi connectivity index (χ0) is 19.5. The molecule has 146 valence electrons. The van der Waals surface area contributed by atoms with Crippen LogP contribution in [0.1, 0.15) is 22.5 Å². The third-order valence-electron chi connectivity index (χ3n) is 5.23. The van der Waals surface area contributed by atoms with Gasteiger partial charge in [0, 0.05) is 57.4 Å². The molecule has 0 saturated heterocycles. The lowest BCUT2D eigenvalue weighted by Crippen LogP contribution is -2.32. The minimum Gasteiger partial charge on any atom is -0.403 e. The van der Waals surface area contributed by atoms with Crippen LogP contribution >= 0.6 is 0 Å². The summed E-state index contributed by atoms with van der Waals surface area (Å²) >= 11 is 0. The number of allylic oxidation sites excluding steroid dienone is 1. The lowest BCUT2D eigenvalue weighted by Gasteiger charge is -2.30. The van der Waals surface area contributed by atoms with Gasteiger partial charge in [0.15, 0.2) is 0 Å². The van der Waals surface area contributed by atoms with Crippen LogP contribution in [0.4, 0.5) is 11.6 Å². The highest BCUT2D eigenvalue weighted by molar-refractivity contribution is 5.77. The number of hydrogen-bond acceptors (Lipinski definition) is 8. The molecule has 0 bridgehead atoms. The van der Waals surface area contributed by atoms with Gasteiger partial charge < -0.3 is 20.9 Å². The number of hydrogen-bond donors (Lipinski definition) is 2. The van der Waals surface area contributed by atoms with E-state index in [-0.39, 0.29) is 0 Å². The average molecular weight is 378 g/mol. The Labute approximate surface area is 165 Å². The fourth-order valence-corrected chi connectivity index (χ4v) is 3.71. The van der Waals surface area contributed by atoms with Crippen LogP contribution in [0, 0.1) is 0 Å². The van der Waals surface area contributed by atoms with Crippen molar-refractivity contribution in [1.29, 1.82) is 0 Å². The molecular weight excluding hydrogens is 352 g/mol. The normalized spacial score (nSPS) is 17.5. The SMILES string of the molecule is CN=C/C(=C\N)N1CCc2cnc(Nc3cnc4c(c3)CN(C)CC4)nc2C1. The molecule has 0 spiro atoms. The standard InChI is InChI=1S/C20H26N8/c1-22-11-17(8-21)28-6-3-14-9-24-20(26-19(14)13-28)25-16-7-15-12-27(2)5-4-18(15)23-10-16/h7-11H,3-6,12-13,21H2,1-2H3,(H,24,25,26)/b17-8+,22-11?. The summed E-state index contributed by atoms with van der Waals surface area (Å²) in [6, 6.07) is 2.15. The second-order valence-electron chi connectivity index (χ2n) is 7.26. The van der Waals surface area contributed by atoms with Gasteiger partial charge in [-0.1, -0.05) is 0 Å². The van der Waals surface area contributed by atoms with Crippen molar-refractivity contribution in [3.8, 4) is 0 Å². The maximum Gasteiger partial charge on any atom is 0.227 e. The molecule has 0 atom stereocenters. The number of aromatic nitrogens is 3. The summed E-state index contributed by atoms with van der Waals surface area (Å²) in [5.41, 5.74) is 12.2. The second kappa shape index (κ2) is 7.93. The fraction of sp³-hybridized carbons (Fsp3) is 0.400. The summed E-state index contributed by atoms with van der Waals surface area (Å²) in [5.74, 6) is 0.592. The minimum absolute atomic E-state index is 0.592. The van der Waals surface area contributed by atoms with E-state index in [1.807, 2.05) is 12.4 Å². The summed E-state index contributed by atoms with van der Waals surface area (Å²) in [6.45, 7) is 3.54. The largest absolute Gasteiger partial charge is 0.403 e. The van der Waals surface area contributed by atoms with Crippen molar-refractivity contribution < 1.29 is 0 Å². The van der Waals surface area contributed by atoms with Gasteiger partial charge in [0.25, 0.3) is 0 Å². The number of nitrogens with zero attached hydrogens (tertiary/aromatic N) is 6. The van der Waals surface area contributed by atoms with Gasteiger partial charge in [0.1, 0.15) is 0 Å². The second-order valence-corrected chi connectivity index (χ2v) is 7.26. The number of likely N-dealkylation sites (N-methyl/N-ethyl adjacent to an activating group) is 1. The van der Waals surface area contributed by atoms with Gasteiger partial charge in [-0.3, -0.25) is 9.98 Å². The van der Waals surface area contributed by atoms with E-state index < -0.39 is 0 Å². The first-order valence-corrected chi connectivity index (χ1v) is 9.53. The topological polar surface area (TPSA) is 95.6 Å². The molecule has 0 aliphatic carbocycles. The van der Waals surface area contributed by atoms with Crippen molar-refractivity contribution in [3.05, 3.63) is 52.9 Å². The Kier molecular flexibility index (Phi) is 5.21. The average Bonchev–Trinajstić information content (AvgIpc) is 2.71. The predicted octanol–water partition coefficient (Wildman–Crippen LogP) is 1.46. The van der Waals surface area contributed by atoms with Crippen LogP contribution in [0.5, 0.6) is 0 Å². The number of pyridine rings is 1. The van der Waals surface area contributed by atoms with Crippen LogP contribution in [0.2, 0.25) is 0 Å². The van der Waals surface area contributed by atoms with Gasteiger partial charge in [-0.2, -0.15) is 0 Å². The summed E-state index contributed by atoms with van der Waals surface area (Å²) in [4.78, 5) is 22.4. The summed E-state index contributed by atoms with van der Waals surface area (Å²) < 4.78 is 0. The van der Waals surface area contributed by atoms with Crippen molar-refractivity contribution in [2.45, 2.75) is 25.9 Å². The molecule has 0 saturated carbocycles. The minimum atomic E-state index is 0.592. The molecule has 2 aliphatic heterocycles. The number of nitrogens with two attached hydrogens (primary N) is 1. The smallest absolute Gasteiger partial charge is 0.227 e. The quantitative estimate of drug-likeness (QED) is 0.778. The number of nitrogens with one attached hydrogen (secondary N) is 1. The van der Waals surface area contributed by atoms with Gasteiger partial charge >= 0.3 is 0 Å². The van der Waals surface area contributed by atoms with Gasteiger partial charge in [-0.15, -0.1) is 0 Å². The van der Waals surface area contributed by atoms with Gasteiger partial charge in [0.2, 0.25) is 5.95 Å². The molecule has 2 aliphatic rings. The molecule has 28 heavy (non-hydrogen) atoms. The molecule has 4 rings (SSSR count). The van der Waals surface area contributed by atoms with Gasteiger partial charge in [-0.05, 0) is 30.7 Å². The molecule has 3 N–H and O–H groups in total. The number of anilines is 2. The Bertz CT molecular complexity index is 920.